The van der Waals surface area contributed by atoms with Gasteiger partial charge in [0.05, 0.1) is 12.8 Å². The zero-order chi connectivity index (χ0) is 21.8. The maximum atomic E-state index is 10.3. The molecule has 0 atom stereocenters. The second-order valence-corrected chi connectivity index (χ2v) is 7.23. The predicted molar refractivity (Wildman–Crippen MR) is 109 cm³/mol. The average molecular weight is 437 g/mol. The van der Waals surface area contributed by atoms with Crippen molar-refractivity contribution in [3.63, 3.8) is 0 Å². The van der Waals surface area contributed by atoms with Gasteiger partial charge in [0.25, 0.3) is 0 Å². The minimum absolute atomic E-state index is 0.0494. The summed E-state index contributed by atoms with van der Waals surface area (Å²) in [4.78, 5) is 40.5. The fourth-order valence-electron chi connectivity index (χ4n) is 1.88. The summed E-state index contributed by atoms with van der Waals surface area (Å²) < 4.78 is 0.638. The maximum absolute atomic E-state index is 10.3. The van der Waals surface area contributed by atoms with E-state index in [1.165, 1.54) is 17.4 Å². The maximum Gasteiger partial charge on any atom is 0.352 e. The SMILES string of the molecule is Cc1[nH]c(=S)sc1CC(=O)O.O=C(O)Cc1cccnc1.O=C(O)c1ccc[nH]1. The number of carboxylic acids is 3. The van der Waals surface area contributed by atoms with Gasteiger partial charge in [0.15, 0.2) is 3.95 Å². The lowest BCUT2D eigenvalue weighted by Gasteiger charge is -1.91. The number of nitrogens with one attached hydrogen (secondary N) is 2. The molecular formula is C18H19N3O6S2. The lowest BCUT2D eigenvalue weighted by atomic mass is 10.2. The van der Waals surface area contributed by atoms with Crippen molar-refractivity contribution in [1.29, 1.82) is 0 Å². The number of pyridine rings is 1. The number of nitrogens with zero attached hydrogens (tertiary/aromatic N) is 1. The van der Waals surface area contributed by atoms with E-state index in [1.54, 1.807) is 36.8 Å². The summed E-state index contributed by atoms with van der Waals surface area (Å²) in [7, 11) is 0. The normalized spacial score (nSPS) is 9.41. The highest BCUT2D eigenvalue weighted by Crippen LogP contribution is 2.14. The van der Waals surface area contributed by atoms with Crippen LogP contribution in [0, 0.1) is 10.9 Å². The number of aliphatic carboxylic acids is 2. The van der Waals surface area contributed by atoms with Gasteiger partial charge in [0.2, 0.25) is 0 Å². The molecule has 3 heterocycles. The van der Waals surface area contributed by atoms with Gasteiger partial charge in [-0.2, -0.15) is 0 Å². The molecule has 0 amide bonds. The van der Waals surface area contributed by atoms with E-state index in [9.17, 15) is 14.4 Å². The Kier molecular flexibility index (Phi) is 9.99. The average Bonchev–Trinajstić information content (AvgIpc) is 3.26. The first-order valence-electron chi connectivity index (χ1n) is 8.06. The topological polar surface area (TPSA) is 156 Å². The van der Waals surface area contributed by atoms with Crippen molar-refractivity contribution in [2.24, 2.45) is 0 Å². The number of carboxylic acid groups (broad SMARTS) is 3. The number of carbonyl (C=O) groups is 3. The summed E-state index contributed by atoms with van der Waals surface area (Å²) in [5.41, 5.74) is 1.82. The lowest BCUT2D eigenvalue weighted by Crippen LogP contribution is -1.99. The highest BCUT2D eigenvalue weighted by atomic mass is 32.1. The second kappa shape index (κ2) is 12.2. The molecule has 0 aliphatic rings. The Labute approximate surface area is 174 Å². The van der Waals surface area contributed by atoms with Crippen molar-refractivity contribution in [3.05, 3.63) is 68.6 Å². The van der Waals surface area contributed by atoms with E-state index in [2.05, 4.69) is 15.0 Å². The third-order valence-electron chi connectivity index (χ3n) is 3.14. The first kappa shape index (κ1) is 23.7. The Bertz CT molecular complexity index is 981. The van der Waals surface area contributed by atoms with E-state index < -0.39 is 17.9 Å². The molecule has 29 heavy (non-hydrogen) atoms. The molecule has 3 aromatic heterocycles. The summed E-state index contributed by atoms with van der Waals surface area (Å²) in [6.07, 6.45) is 4.85. The van der Waals surface area contributed by atoms with Gasteiger partial charge in [-0.25, -0.2) is 4.79 Å². The van der Waals surface area contributed by atoms with Crippen LogP contribution in [0.4, 0.5) is 0 Å². The summed E-state index contributed by atoms with van der Waals surface area (Å²) in [6, 6.07) is 6.60. The standard InChI is InChI=1S/C7H7NO2.C6H7NO2S2.C5H5NO2/c9-7(10)4-6-2-1-3-8-5-6;1-3-4(2-5(8)9)11-6(10)7-3;7-5(8)4-2-1-3-6-4/h1-3,5H,4H2,(H,9,10);2H2,1H3,(H,7,10)(H,8,9);1-3,6H,(H,7,8). The summed E-state index contributed by atoms with van der Waals surface area (Å²) >= 11 is 6.16. The van der Waals surface area contributed by atoms with Gasteiger partial charge < -0.3 is 25.3 Å². The van der Waals surface area contributed by atoms with E-state index in [0.717, 1.165) is 16.1 Å². The number of aromatic carboxylic acids is 1. The molecule has 0 bridgehead atoms. The van der Waals surface area contributed by atoms with Crippen LogP contribution >= 0.6 is 23.6 Å². The van der Waals surface area contributed by atoms with Crippen LogP contribution in [0.1, 0.15) is 26.6 Å². The molecule has 154 valence electrons. The molecule has 0 radical (unpaired) electrons. The molecule has 0 unspecified atom stereocenters. The van der Waals surface area contributed by atoms with E-state index >= 15 is 0 Å². The van der Waals surface area contributed by atoms with Crippen LogP contribution in [0.3, 0.4) is 0 Å². The Morgan fingerprint density at radius 3 is 2.17 bits per heavy atom. The molecule has 0 aliphatic heterocycles. The molecule has 0 spiro atoms. The third-order valence-corrected chi connectivity index (χ3v) is 4.48. The second-order valence-electron chi connectivity index (χ2n) is 5.45. The fourth-order valence-corrected chi connectivity index (χ4v) is 3.17. The fraction of sp³-hybridized carbons (Fsp3) is 0.167. The molecular weight excluding hydrogens is 418 g/mol. The summed E-state index contributed by atoms with van der Waals surface area (Å²) in [5, 5.41) is 25.0. The van der Waals surface area contributed by atoms with E-state index in [-0.39, 0.29) is 18.5 Å². The Hall–Kier alpha value is -3.31. The monoisotopic (exact) mass is 437 g/mol. The number of aromatic amines is 2. The first-order valence-corrected chi connectivity index (χ1v) is 9.29. The van der Waals surface area contributed by atoms with Crippen LogP contribution < -0.4 is 0 Å². The van der Waals surface area contributed by atoms with Gasteiger partial charge in [-0.05, 0) is 42.9 Å². The molecule has 11 heteroatoms. The van der Waals surface area contributed by atoms with Gasteiger partial charge in [-0.1, -0.05) is 6.07 Å². The van der Waals surface area contributed by atoms with E-state index in [4.69, 9.17) is 27.5 Å². The first-order chi connectivity index (χ1) is 13.7. The summed E-state index contributed by atoms with van der Waals surface area (Å²) in [5.74, 6) is -2.57. The third kappa shape index (κ3) is 9.98. The Morgan fingerprint density at radius 2 is 1.79 bits per heavy atom. The van der Waals surface area contributed by atoms with Gasteiger partial charge in [-0.3, -0.25) is 14.6 Å². The molecule has 0 aliphatic carbocycles. The largest absolute Gasteiger partial charge is 0.481 e. The van der Waals surface area contributed by atoms with Gasteiger partial charge in [0.1, 0.15) is 5.69 Å². The van der Waals surface area contributed by atoms with Crippen molar-refractivity contribution < 1.29 is 29.7 Å². The molecule has 9 nitrogen and oxygen atoms in total. The predicted octanol–water partition coefficient (Wildman–Crippen LogP) is 3.16. The van der Waals surface area contributed by atoms with Crippen molar-refractivity contribution >= 4 is 41.5 Å². The van der Waals surface area contributed by atoms with Crippen LogP contribution in [0.25, 0.3) is 0 Å². The number of aromatic nitrogens is 3. The molecule has 0 fully saturated rings. The highest BCUT2D eigenvalue weighted by molar-refractivity contribution is 7.73. The van der Waals surface area contributed by atoms with Gasteiger partial charge in [0, 0.05) is 29.2 Å². The molecule has 3 aromatic rings. The Morgan fingerprint density at radius 1 is 1.10 bits per heavy atom. The van der Waals surface area contributed by atoms with Crippen LogP contribution in [0.5, 0.6) is 0 Å². The van der Waals surface area contributed by atoms with Crippen LogP contribution in [0.2, 0.25) is 0 Å². The number of H-pyrrole nitrogens is 2. The van der Waals surface area contributed by atoms with E-state index in [0.29, 0.717) is 3.95 Å². The Balaban J connectivity index is 0.000000220. The van der Waals surface area contributed by atoms with Gasteiger partial charge >= 0.3 is 17.9 Å². The van der Waals surface area contributed by atoms with Crippen molar-refractivity contribution in [3.8, 4) is 0 Å². The van der Waals surface area contributed by atoms with Crippen LogP contribution in [-0.4, -0.2) is 48.2 Å². The molecule has 5 N–H and O–H groups in total. The number of hydrogen-bond donors (Lipinski definition) is 5. The van der Waals surface area contributed by atoms with Crippen molar-refractivity contribution in [2.75, 3.05) is 0 Å². The molecule has 0 saturated carbocycles. The van der Waals surface area contributed by atoms with Gasteiger partial charge in [-0.15, -0.1) is 11.3 Å². The number of rotatable bonds is 5. The summed E-state index contributed by atoms with van der Waals surface area (Å²) in [6.45, 7) is 1.82. The van der Waals surface area contributed by atoms with Crippen LogP contribution in [-0.2, 0) is 22.4 Å². The minimum Gasteiger partial charge on any atom is -0.481 e. The van der Waals surface area contributed by atoms with Crippen LogP contribution in [0.15, 0.2) is 42.9 Å². The quantitative estimate of drug-likeness (QED) is 0.381. The zero-order valence-corrected chi connectivity index (χ0v) is 16.9. The molecule has 3 rings (SSSR count). The number of aryl methyl sites for hydroxylation is 1. The highest BCUT2D eigenvalue weighted by Gasteiger charge is 2.05. The van der Waals surface area contributed by atoms with Crippen molar-refractivity contribution in [1.82, 2.24) is 15.0 Å². The van der Waals surface area contributed by atoms with E-state index in [1.807, 2.05) is 6.92 Å². The number of thiazole rings is 1. The minimum atomic E-state index is -0.921. The smallest absolute Gasteiger partial charge is 0.352 e. The number of hydrogen-bond acceptors (Lipinski definition) is 6. The molecule has 0 saturated heterocycles. The lowest BCUT2D eigenvalue weighted by molar-refractivity contribution is -0.137. The molecule has 0 aromatic carbocycles. The van der Waals surface area contributed by atoms with Crippen molar-refractivity contribution in [2.45, 2.75) is 19.8 Å². The zero-order valence-electron chi connectivity index (χ0n) is 15.3.